The molecule has 0 saturated carbocycles. The Morgan fingerprint density at radius 3 is 3.08 bits per heavy atom. The summed E-state index contributed by atoms with van der Waals surface area (Å²) in [5.74, 6) is -0.208. The Morgan fingerprint density at radius 1 is 1.67 bits per heavy atom. The molecule has 1 heterocycles. The molecule has 0 aliphatic carbocycles. The van der Waals surface area contributed by atoms with E-state index in [1.54, 1.807) is 18.6 Å². The summed E-state index contributed by atoms with van der Waals surface area (Å²) in [6, 6.07) is 0. The van der Waals surface area contributed by atoms with Crippen molar-refractivity contribution in [2.75, 3.05) is 0 Å². The molecule has 1 aromatic heterocycles. The summed E-state index contributed by atoms with van der Waals surface area (Å²) in [4.78, 5) is 18.5. The highest BCUT2D eigenvalue weighted by Crippen LogP contribution is 1.87. The van der Waals surface area contributed by atoms with Gasteiger partial charge in [-0.1, -0.05) is 6.58 Å². The maximum absolute atomic E-state index is 10.7. The lowest BCUT2D eigenvalue weighted by Gasteiger charge is -1.99. The van der Waals surface area contributed by atoms with Gasteiger partial charge in [0.1, 0.15) is 0 Å². The van der Waals surface area contributed by atoms with E-state index in [9.17, 15) is 4.79 Å². The molecule has 0 aliphatic heterocycles. The summed E-state index contributed by atoms with van der Waals surface area (Å²) < 4.78 is 0. The molecule has 1 amide bonds. The first-order chi connectivity index (χ1) is 5.83. The van der Waals surface area contributed by atoms with Crippen molar-refractivity contribution < 1.29 is 4.79 Å². The van der Waals surface area contributed by atoms with Crippen LogP contribution in [-0.2, 0) is 11.3 Å². The maximum atomic E-state index is 10.7. The van der Waals surface area contributed by atoms with Crippen molar-refractivity contribution in [2.45, 2.75) is 6.54 Å². The van der Waals surface area contributed by atoms with Crippen LogP contribution < -0.4 is 5.32 Å². The predicted molar refractivity (Wildman–Crippen MR) is 44.1 cm³/mol. The summed E-state index contributed by atoms with van der Waals surface area (Å²) in [6.45, 7) is 3.71. The smallest absolute Gasteiger partial charge is 0.243 e. The Bertz CT molecular complexity index is 271. The van der Waals surface area contributed by atoms with Crippen molar-refractivity contribution in [3.8, 4) is 0 Å². The van der Waals surface area contributed by atoms with Crippen LogP contribution in [0.5, 0.6) is 0 Å². The lowest BCUT2D eigenvalue weighted by atomic mass is 10.4. The summed E-state index contributed by atoms with van der Waals surface area (Å²) in [5.41, 5.74) is 0.729. The molecule has 12 heavy (non-hydrogen) atoms. The minimum absolute atomic E-state index is 0.208. The van der Waals surface area contributed by atoms with Crippen LogP contribution in [0.4, 0.5) is 0 Å². The van der Waals surface area contributed by atoms with E-state index in [1.165, 1.54) is 6.08 Å². The molecule has 0 saturated heterocycles. The second-order valence-corrected chi connectivity index (χ2v) is 2.12. The third kappa shape index (κ3) is 2.49. The molecular formula is C8H9N3O. The van der Waals surface area contributed by atoms with Crippen LogP contribution >= 0.6 is 0 Å². The molecule has 1 rings (SSSR count). The molecule has 0 radical (unpaired) electrons. The van der Waals surface area contributed by atoms with E-state index < -0.39 is 0 Å². The fourth-order valence-electron chi connectivity index (χ4n) is 0.671. The van der Waals surface area contributed by atoms with Gasteiger partial charge in [0.05, 0.1) is 18.4 Å². The number of carbonyl (C=O) groups is 1. The first-order valence-corrected chi connectivity index (χ1v) is 3.48. The molecule has 0 bridgehead atoms. The number of rotatable bonds is 3. The first kappa shape index (κ1) is 8.39. The van der Waals surface area contributed by atoms with E-state index in [-0.39, 0.29) is 5.91 Å². The van der Waals surface area contributed by atoms with Gasteiger partial charge in [-0.3, -0.25) is 14.8 Å². The summed E-state index contributed by atoms with van der Waals surface area (Å²) in [7, 11) is 0. The van der Waals surface area contributed by atoms with E-state index in [0.29, 0.717) is 6.54 Å². The second kappa shape index (κ2) is 4.23. The van der Waals surface area contributed by atoms with Crippen LogP contribution in [0, 0.1) is 0 Å². The van der Waals surface area contributed by atoms with E-state index in [2.05, 4.69) is 21.9 Å². The van der Waals surface area contributed by atoms with Gasteiger partial charge in [-0.05, 0) is 6.08 Å². The van der Waals surface area contributed by atoms with Gasteiger partial charge in [-0.15, -0.1) is 0 Å². The lowest BCUT2D eigenvalue weighted by Crippen LogP contribution is -2.20. The van der Waals surface area contributed by atoms with Crippen molar-refractivity contribution >= 4 is 5.91 Å². The van der Waals surface area contributed by atoms with Crippen molar-refractivity contribution in [1.82, 2.24) is 15.3 Å². The normalized spacial score (nSPS) is 9.00. The molecule has 1 N–H and O–H groups in total. The van der Waals surface area contributed by atoms with Gasteiger partial charge in [0.15, 0.2) is 0 Å². The standard InChI is InChI=1S/C8H9N3O/c1-2-8(12)11-6-7-5-9-3-4-10-7/h2-5H,1,6H2,(H,11,12). The van der Waals surface area contributed by atoms with Crippen molar-refractivity contribution in [3.63, 3.8) is 0 Å². The molecule has 0 fully saturated rings. The van der Waals surface area contributed by atoms with Crippen LogP contribution in [0.2, 0.25) is 0 Å². The van der Waals surface area contributed by atoms with Gasteiger partial charge in [-0.25, -0.2) is 0 Å². The van der Waals surface area contributed by atoms with Gasteiger partial charge in [-0.2, -0.15) is 0 Å². The van der Waals surface area contributed by atoms with Crippen LogP contribution in [-0.4, -0.2) is 15.9 Å². The highest BCUT2D eigenvalue weighted by molar-refractivity contribution is 5.86. The molecule has 0 aromatic carbocycles. The average molecular weight is 163 g/mol. The minimum Gasteiger partial charge on any atom is -0.347 e. The molecule has 0 atom stereocenters. The van der Waals surface area contributed by atoms with Gasteiger partial charge < -0.3 is 5.32 Å². The number of amides is 1. The molecule has 62 valence electrons. The molecule has 0 unspecified atom stereocenters. The highest BCUT2D eigenvalue weighted by Gasteiger charge is 1.95. The Kier molecular flexibility index (Phi) is 2.95. The number of aromatic nitrogens is 2. The highest BCUT2D eigenvalue weighted by atomic mass is 16.1. The average Bonchev–Trinajstić information content (AvgIpc) is 2.16. The van der Waals surface area contributed by atoms with E-state index >= 15 is 0 Å². The SMILES string of the molecule is C=CC(=O)NCc1cnccn1. The Balaban J connectivity index is 2.43. The summed E-state index contributed by atoms with van der Waals surface area (Å²) in [6.07, 6.45) is 5.98. The topological polar surface area (TPSA) is 54.9 Å². The van der Waals surface area contributed by atoms with Crippen molar-refractivity contribution in [2.24, 2.45) is 0 Å². The zero-order chi connectivity index (χ0) is 8.81. The molecule has 0 aliphatic rings. The molecule has 0 spiro atoms. The number of carbonyl (C=O) groups excluding carboxylic acids is 1. The Morgan fingerprint density at radius 2 is 2.50 bits per heavy atom. The zero-order valence-electron chi connectivity index (χ0n) is 6.53. The largest absolute Gasteiger partial charge is 0.347 e. The second-order valence-electron chi connectivity index (χ2n) is 2.12. The van der Waals surface area contributed by atoms with Crippen LogP contribution in [0.1, 0.15) is 5.69 Å². The van der Waals surface area contributed by atoms with Crippen molar-refractivity contribution in [1.29, 1.82) is 0 Å². The molecular weight excluding hydrogens is 154 g/mol. The predicted octanol–water partition coefficient (Wildman–Crippen LogP) is 0.279. The Labute approximate surface area is 70.4 Å². The number of hydrogen-bond donors (Lipinski definition) is 1. The molecule has 4 nitrogen and oxygen atoms in total. The third-order valence-electron chi connectivity index (χ3n) is 1.25. The fourth-order valence-corrected chi connectivity index (χ4v) is 0.671. The van der Waals surface area contributed by atoms with E-state index in [4.69, 9.17) is 0 Å². The summed E-state index contributed by atoms with van der Waals surface area (Å²) >= 11 is 0. The van der Waals surface area contributed by atoms with Gasteiger partial charge in [0.25, 0.3) is 0 Å². The molecule has 4 heteroatoms. The van der Waals surface area contributed by atoms with Gasteiger partial charge >= 0.3 is 0 Å². The zero-order valence-corrected chi connectivity index (χ0v) is 6.53. The van der Waals surface area contributed by atoms with E-state index in [0.717, 1.165) is 5.69 Å². The van der Waals surface area contributed by atoms with Gasteiger partial charge in [0, 0.05) is 12.4 Å². The lowest BCUT2D eigenvalue weighted by molar-refractivity contribution is -0.116. The quantitative estimate of drug-likeness (QED) is 0.651. The maximum Gasteiger partial charge on any atom is 0.243 e. The van der Waals surface area contributed by atoms with E-state index in [1.807, 2.05) is 0 Å². The third-order valence-corrected chi connectivity index (χ3v) is 1.25. The number of nitrogens with one attached hydrogen (secondary N) is 1. The molecule has 1 aromatic rings. The fraction of sp³-hybridized carbons (Fsp3) is 0.125. The minimum atomic E-state index is -0.208. The number of nitrogens with zero attached hydrogens (tertiary/aromatic N) is 2. The summed E-state index contributed by atoms with van der Waals surface area (Å²) in [5, 5.41) is 2.59. The monoisotopic (exact) mass is 163 g/mol. The van der Waals surface area contributed by atoms with Crippen LogP contribution in [0.3, 0.4) is 0 Å². The van der Waals surface area contributed by atoms with Crippen LogP contribution in [0.15, 0.2) is 31.2 Å². The van der Waals surface area contributed by atoms with Gasteiger partial charge in [0.2, 0.25) is 5.91 Å². The number of hydrogen-bond acceptors (Lipinski definition) is 3. The Hall–Kier alpha value is -1.71. The van der Waals surface area contributed by atoms with Crippen LogP contribution in [0.25, 0.3) is 0 Å². The van der Waals surface area contributed by atoms with Crippen molar-refractivity contribution in [3.05, 3.63) is 36.9 Å². The first-order valence-electron chi connectivity index (χ1n) is 3.48.